The summed E-state index contributed by atoms with van der Waals surface area (Å²) in [4.78, 5) is 0. The van der Waals surface area contributed by atoms with Gasteiger partial charge in [0.1, 0.15) is 0 Å². The van der Waals surface area contributed by atoms with Gasteiger partial charge in [-0.25, -0.2) is 0 Å². The van der Waals surface area contributed by atoms with E-state index in [-0.39, 0.29) is 5.92 Å². The first-order valence-corrected chi connectivity index (χ1v) is 7.10. The molecular weight excluding hydrogens is 242 g/mol. The zero-order valence-corrected chi connectivity index (χ0v) is 12.6. The molecule has 0 radical (unpaired) electrons. The molecule has 1 atom stereocenters. The van der Waals surface area contributed by atoms with Gasteiger partial charge in [-0.2, -0.15) is 5.26 Å². The second kappa shape index (κ2) is 5.92. The van der Waals surface area contributed by atoms with E-state index < -0.39 is 0 Å². The van der Waals surface area contributed by atoms with Crippen molar-refractivity contribution in [2.75, 3.05) is 0 Å². The molecule has 0 aliphatic carbocycles. The van der Waals surface area contributed by atoms with Gasteiger partial charge in [0.25, 0.3) is 0 Å². The molecule has 0 bridgehead atoms. The van der Waals surface area contributed by atoms with Gasteiger partial charge < -0.3 is 0 Å². The van der Waals surface area contributed by atoms with Crippen molar-refractivity contribution in [1.29, 1.82) is 5.26 Å². The average Bonchev–Trinajstić information content (AvgIpc) is 2.43. The van der Waals surface area contributed by atoms with E-state index in [1.165, 1.54) is 22.3 Å². The largest absolute Gasteiger partial charge is 0.198 e. The van der Waals surface area contributed by atoms with E-state index in [9.17, 15) is 5.26 Å². The Kier molecular flexibility index (Phi) is 4.25. The molecule has 2 aromatic carbocycles. The van der Waals surface area contributed by atoms with Crippen LogP contribution in [-0.2, 0) is 0 Å². The number of hydrogen-bond acceptors (Lipinski definition) is 1. The van der Waals surface area contributed by atoms with Gasteiger partial charge in [0.15, 0.2) is 0 Å². The summed E-state index contributed by atoms with van der Waals surface area (Å²) in [7, 11) is 0. The summed E-state index contributed by atoms with van der Waals surface area (Å²) in [6.07, 6.45) is 0. The number of benzene rings is 2. The molecule has 0 fully saturated rings. The van der Waals surface area contributed by atoms with E-state index in [1.807, 2.05) is 0 Å². The third-order valence-corrected chi connectivity index (χ3v) is 3.92. The Morgan fingerprint density at radius 1 is 0.850 bits per heavy atom. The Balaban J connectivity index is 2.32. The van der Waals surface area contributed by atoms with Gasteiger partial charge in [-0.1, -0.05) is 56.3 Å². The van der Waals surface area contributed by atoms with Gasteiger partial charge in [-0.15, -0.1) is 0 Å². The quantitative estimate of drug-likeness (QED) is 0.743. The van der Waals surface area contributed by atoms with Gasteiger partial charge in [0, 0.05) is 0 Å². The summed E-state index contributed by atoms with van der Waals surface area (Å²) in [6.45, 7) is 8.44. The van der Waals surface area contributed by atoms with Crippen LogP contribution < -0.4 is 0 Å². The lowest BCUT2D eigenvalue weighted by Gasteiger charge is -2.14. The van der Waals surface area contributed by atoms with Crippen LogP contribution in [0.25, 0.3) is 11.1 Å². The van der Waals surface area contributed by atoms with Crippen LogP contribution in [0.2, 0.25) is 0 Å². The van der Waals surface area contributed by atoms with Crippen LogP contribution in [0, 0.1) is 31.1 Å². The van der Waals surface area contributed by atoms with E-state index >= 15 is 0 Å². The van der Waals surface area contributed by atoms with Crippen LogP contribution in [0.4, 0.5) is 0 Å². The molecule has 0 saturated heterocycles. The first-order chi connectivity index (χ1) is 9.52. The number of nitriles is 1. The van der Waals surface area contributed by atoms with Gasteiger partial charge in [0.2, 0.25) is 0 Å². The molecule has 0 spiro atoms. The standard InChI is InChI=1S/C19H21N/c1-13(2)19(12-20)17-9-7-16(8-10-17)18-6-5-14(3)15(4)11-18/h5-11,13,19H,1-4H3. The predicted molar refractivity (Wildman–Crippen MR) is 84.5 cm³/mol. The van der Waals surface area contributed by atoms with Crippen molar-refractivity contribution in [3.8, 4) is 17.2 Å². The third kappa shape index (κ3) is 2.91. The molecular formula is C19H21N. The first kappa shape index (κ1) is 14.3. The highest BCUT2D eigenvalue weighted by Crippen LogP contribution is 2.27. The lowest BCUT2D eigenvalue weighted by molar-refractivity contribution is 0.587. The summed E-state index contributed by atoms with van der Waals surface area (Å²) >= 11 is 0. The molecule has 1 heteroatoms. The lowest BCUT2D eigenvalue weighted by Crippen LogP contribution is -2.03. The van der Waals surface area contributed by atoms with Crippen molar-refractivity contribution in [3.05, 3.63) is 59.2 Å². The smallest absolute Gasteiger partial charge is 0.0735 e. The Labute approximate surface area is 121 Å². The topological polar surface area (TPSA) is 23.8 Å². The molecule has 20 heavy (non-hydrogen) atoms. The minimum Gasteiger partial charge on any atom is -0.198 e. The number of nitrogens with zero attached hydrogens (tertiary/aromatic N) is 1. The monoisotopic (exact) mass is 263 g/mol. The Morgan fingerprint density at radius 2 is 1.45 bits per heavy atom. The molecule has 102 valence electrons. The Hall–Kier alpha value is -2.07. The normalized spacial score (nSPS) is 12.2. The molecule has 0 amide bonds. The highest BCUT2D eigenvalue weighted by Gasteiger charge is 2.14. The van der Waals surface area contributed by atoms with Gasteiger partial charge in [0.05, 0.1) is 12.0 Å². The fraction of sp³-hybridized carbons (Fsp3) is 0.316. The number of aryl methyl sites for hydroxylation is 2. The molecule has 2 aromatic rings. The van der Waals surface area contributed by atoms with Gasteiger partial charge in [-0.05, 0) is 47.6 Å². The van der Waals surface area contributed by atoms with Crippen LogP contribution in [0.15, 0.2) is 42.5 Å². The molecule has 0 aliphatic rings. The van der Waals surface area contributed by atoms with E-state index in [0.29, 0.717) is 5.92 Å². The summed E-state index contributed by atoms with van der Waals surface area (Å²) in [5.41, 5.74) is 6.17. The van der Waals surface area contributed by atoms with Crippen molar-refractivity contribution >= 4 is 0 Å². The fourth-order valence-corrected chi connectivity index (χ4v) is 2.41. The summed E-state index contributed by atoms with van der Waals surface area (Å²) < 4.78 is 0. The summed E-state index contributed by atoms with van der Waals surface area (Å²) in [5.74, 6) is 0.316. The minimum absolute atomic E-state index is 0.0243. The highest BCUT2D eigenvalue weighted by atomic mass is 14.3. The van der Waals surface area contributed by atoms with E-state index in [1.54, 1.807) is 0 Å². The van der Waals surface area contributed by atoms with Gasteiger partial charge >= 0.3 is 0 Å². The van der Waals surface area contributed by atoms with Crippen molar-refractivity contribution in [2.45, 2.75) is 33.6 Å². The average molecular weight is 263 g/mol. The molecule has 1 unspecified atom stereocenters. The van der Waals surface area contributed by atoms with Crippen LogP contribution in [0.5, 0.6) is 0 Å². The van der Waals surface area contributed by atoms with Crippen molar-refractivity contribution in [1.82, 2.24) is 0 Å². The summed E-state index contributed by atoms with van der Waals surface area (Å²) in [5, 5.41) is 9.25. The minimum atomic E-state index is -0.0243. The van der Waals surface area contributed by atoms with Crippen molar-refractivity contribution in [3.63, 3.8) is 0 Å². The maximum Gasteiger partial charge on any atom is 0.0735 e. The van der Waals surface area contributed by atoms with Crippen LogP contribution in [-0.4, -0.2) is 0 Å². The Bertz CT molecular complexity index is 630. The highest BCUT2D eigenvalue weighted by molar-refractivity contribution is 5.65. The van der Waals surface area contributed by atoms with Gasteiger partial charge in [-0.3, -0.25) is 0 Å². The molecule has 0 heterocycles. The maximum atomic E-state index is 9.25. The van der Waals surface area contributed by atoms with Crippen LogP contribution in [0.1, 0.15) is 36.5 Å². The fourth-order valence-electron chi connectivity index (χ4n) is 2.41. The van der Waals surface area contributed by atoms with E-state index in [0.717, 1.165) is 5.56 Å². The van der Waals surface area contributed by atoms with Crippen LogP contribution in [0.3, 0.4) is 0 Å². The second-order valence-corrected chi connectivity index (χ2v) is 5.77. The number of rotatable bonds is 3. The Morgan fingerprint density at radius 3 is 1.95 bits per heavy atom. The van der Waals surface area contributed by atoms with E-state index in [4.69, 9.17) is 0 Å². The molecule has 0 saturated carbocycles. The predicted octanol–water partition coefficient (Wildman–Crippen LogP) is 5.23. The number of hydrogen-bond donors (Lipinski definition) is 0. The third-order valence-electron chi connectivity index (χ3n) is 3.92. The summed E-state index contributed by atoms with van der Waals surface area (Å²) in [6, 6.07) is 17.3. The zero-order chi connectivity index (χ0) is 14.7. The van der Waals surface area contributed by atoms with Crippen molar-refractivity contribution in [2.24, 2.45) is 5.92 Å². The van der Waals surface area contributed by atoms with Crippen molar-refractivity contribution < 1.29 is 0 Å². The SMILES string of the molecule is Cc1ccc(-c2ccc(C(C#N)C(C)C)cc2)cc1C. The first-order valence-electron chi connectivity index (χ1n) is 7.10. The van der Waals surface area contributed by atoms with Crippen LogP contribution >= 0.6 is 0 Å². The molecule has 0 N–H and O–H groups in total. The van der Waals surface area contributed by atoms with E-state index in [2.05, 4.69) is 76.2 Å². The lowest BCUT2D eigenvalue weighted by atomic mass is 9.88. The maximum absolute atomic E-state index is 9.25. The molecule has 2 rings (SSSR count). The molecule has 0 aliphatic heterocycles. The zero-order valence-electron chi connectivity index (χ0n) is 12.6. The molecule has 1 nitrogen and oxygen atoms in total. The molecule has 0 aromatic heterocycles. The second-order valence-electron chi connectivity index (χ2n) is 5.77.